The van der Waals surface area contributed by atoms with Crippen LogP contribution in [0.3, 0.4) is 0 Å². The quantitative estimate of drug-likeness (QED) is 0.592. The first-order chi connectivity index (χ1) is 6.86. The van der Waals surface area contributed by atoms with Crippen molar-refractivity contribution in [3.8, 4) is 0 Å². The second kappa shape index (κ2) is 3.93. The molecule has 0 radical (unpaired) electrons. The summed E-state index contributed by atoms with van der Waals surface area (Å²) in [7, 11) is 0. The molecule has 0 saturated heterocycles. The Morgan fingerprint density at radius 1 is 1.50 bits per heavy atom. The van der Waals surface area contributed by atoms with Gasteiger partial charge in [-0.05, 0) is 24.4 Å². The highest BCUT2D eigenvalue weighted by molar-refractivity contribution is 7.71. The van der Waals surface area contributed by atoms with Gasteiger partial charge >= 0.3 is 0 Å². The molecule has 0 spiro atoms. The van der Waals surface area contributed by atoms with Crippen LogP contribution in [0.5, 0.6) is 0 Å². The number of rotatable bonds is 2. The molecular formula is C8H7N5S. The number of nitrogens with one attached hydrogen (secondary N) is 1. The van der Waals surface area contributed by atoms with E-state index in [-0.39, 0.29) is 0 Å². The molecule has 6 heteroatoms. The highest BCUT2D eigenvalue weighted by Crippen LogP contribution is 1.90. The average Bonchev–Trinajstić information content (AvgIpc) is 2.63. The first-order valence-electron chi connectivity index (χ1n) is 3.94. The SMILES string of the molecule is S=c1[nH]ncn1N=Cc1ccccn1. The predicted octanol–water partition coefficient (Wildman–Crippen LogP) is 1.22. The number of hydrogen-bond donors (Lipinski definition) is 1. The topological polar surface area (TPSA) is 58.9 Å². The fourth-order valence-corrected chi connectivity index (χ4v) is 1.05. The number of pyridine rings is 1. The Balaban J connectivity index is 2.24. The summed E-state index contributed by atoms with van der Waals surface area (Å²) in [4.78, 5) is 4.08. The molecule has 2 aromatic heterocycles. The van der Waals surface area contributed by atoms with E-state index in [0.29, 0.717) is 4.77 Å². The fourth-order valence-electron chi connectivity index (χ4n) is 0.898. The van der Waals surface area contributed by atoms with Crippen LogP contribution in [0, 0.1) is 4.77 Å². The molecule has 5 nitrogen and oxygen atoms in total. The van der Waals surface area contributed by atoms with Gasteiger partial charge in [0.25, 0.3) is 0 Å². The molecular weight excluding hydrogens is 198 g/mol. The maximum atomic E-state index is 4.91. The highest BCUT2D eigenvalue weighted by atomic mass is 32.1. The molecule has 2 heterocycles. The lowest BCUT2D eigenvalue weighted by Gasteiger charge is -1.90. The van der Waals surface area contributed by atoms with Crippen molar-refractivity contribution in [3.05, 3.63) is 41.2 Å². The van der Waals surface area contributed by atoms with Crippen LogP contribution in [-0.2, 0) is 0 Å². The molecule has 0 unspecified atom stereocenters. The van der Waals surface area contributed by atoms with E-state index >= 15 is 0 Å². The molecule has 0 aliphatic rings. The van der Waals surface area contributed by atoms with Crippen LogP contribution < -0.4 is 0 Å². The van der Waals surface area contributed by atoms with Crippen LogP contribution in [-0.4, -0.2) is 26.1 Å². The third-order valence-corrected chi connectivity index (χ3v) is 1.82. The molecule has 0 amide bonds. The van der Waals surface area contributed by atoms with Gasteiger partial charge < -0.3 is 0 Å². The summed E-state index contributed by atoms with van der Waals surface area (Å²) >= 11 is 4.91. The molecule has 0 aliphatic heterocycles. The molecule has 0 aliphatic carbocycles. The Labute approximate surface area is 85.1 Å². The lowest BCUT2D eigenvalue weighted by Crippen LogP contribution is -1.90. The van der Waals surface area contributed by atoms with Crippen LogP contribution in [0.15, 0.2) is 35.8 Å². The monoisotopic (exact) mass is 205 g/mol. The van der Waals surface area contributed by atoms with Crippen molar-refractivity contribution in [2.24, 2.45) is 5.10 Å². The summed E-state index contributed by atoms with van der Waals surface area (Å²) < 4.78 is 1.92. The summed E-state index contributed by atoms with van der Waals surface area (Å²) in [6.07, 6.45) is 4.82. The number of aromatic nitrogens is 4. The third kappa shape index (κ3) is 1.91. The fraction of sp³-hybridized carbons (Fsp3) is 0. The molecule has 2 rings (SSSR count). The van der Waals surface area contributed by atoms with Gasteiger partial charge in [-0.2, -0.15) is 14.9 Å². The average molecular weight is 205 g/mol. The summed E-state index contributed by atoms with van der Waals surface area (Å²) in [5.74, 6) is 0. The lowest BCUT2D eigenvalue weighted by molar-refractivity contribution is 0.862. The molecule has 0 atom stereocenters. The van der Waals surface area contributed by atoms with E-state index in [1.807, 2.05) is 18.2 Å². The van der Waals surface area contributed by atoms with Gasteiger partial charge in [0.2, 0.25) is 4.77 Å². The summed E-state index contributed by atoms with van der Waals surface area (Å²) in [5.41, 5.74) is 0.774. The van der Waals surface area contributed by atoms with Crippen molar-refractivity contribution in [2.45, 2.75) is 0 Å². The van der Waals surface area contributed by atoms with Crippen molar-refractivity contribution in [3.63, 3.8) is 0 Å². The maximum absolute atomic E-state index is 4.91. The van der Waals surface area contributed by atoms with Crippen LogP contribution in [0.1, 0.15) is 5.69 Å². The smallest absolute Gasteiger partial charge is 0.216 e. The Bertz CT molecular complexity index is 484. The largest absolute Gasteiger partial charge is 0.255 e. The van der Waals surface area contributed by atoms with E-state index in [2.05, 4.69) is 20.3 Å². The first-order valence-corrected chi connectivity index (χ1v) is 4.34. The second-order valence-corrected chi connectivity index (χ2v) is 2.89. The predicted molar refractivity (Wildman–Crippen MR) is 54.6 cm³/mol. The minimum Gasteiger partial charge on any atom is -0.255 e. The molecule has 0 bridgehead atoms. The Hall–Kier alpha value is -1.82. The van der Waals surface area contributed by atoms with Crippen molar-refractivity contribution in [1.82, 2.24) is 19.9 Å². The molecule has 0 fully saturated rings. The van der Waals surface area contributed by atoms with Crippen LogP contribution in [0.4, 0.5) is 0 Å². The van der Waals surface area contributed by atoms with Crippen molar-refractivity contribution in [1.29, 1.82) is 0 Å². The minimum absolute atomic E-state index is 0.456. The second-order valence-electron chi connectivity index (χ2n) is 2.51. The molecule has 14 heavy (non-hydrogen) atoms. The minimum atomic E-state index is 0.456. The van der Waals surface area contributed by atoms with Gasteiger partial charge in [0.05, 0.1) is 11.9 Å². The van der Waals surface area contributed by atoms with E-state index in [1.54, 1.807) is 12.4 Å². The van der Waals surface area contributed by atoms with Gasteiger partial charge in [0, 0.05) is 6.20 Å². The van der Waals surface area contributed by atoms with Crippen LogP contribution in [0.25, 0.3) is 0 Å². The molecule has 1 N–H and O–H groups in total. The number of nitrogens with zero attached hydrogens (tertiary/aromatic N) is 4. The van der Waals surface area contributed by atoms with E-state index in [0.717, 1.165) is 5.69 Å². The Morgan fingerprint density at radius 2 is 2.43 bits per heavy atom. The molecule has 2 aromatic rings. The van der Waals surface area contributed by atoms with Gasteiger partial charge in [-0.15, -0.1) is 0 Å². The summed E-state index contributed by atoms with van der Waals surface area (Å²) in [6.45, 7) is 0. The van der Waals surface area contributed by atoms with Crippen LogP contribution in [0.2, 0.25) is 0 Å². The van der Waals surface area contributed by atoms with Gasteiger partial charge in [-0.1, -0.05) is 6.07 Å². The standard InChI is InChI=1S/C8H7N5S/c14-8-12-10-6-13(8)11-5-7-3-1-2-4-9-7/h1-6H,(H,12,14). The van der Waals surface area contributed by atoms with Gasteiger partial charge in [-0.3, -0.25) is 10.1 Å². The van der Waals surface area contributed by atoms with Crippen molar-refractivity contribution >= 4 is 18.4 Å². The zero-order valence-corrected chi connectivity index (χ0v) is 7.98. The summed E-state index contributed by atoms with van der Waals surface area (Å²) in [6, 6.07) is 5.59. The molecule has 70 valence electrons. The molecule has 0 saturated carbocycles. The van der Waals surface area contributed by atoms with Gasteiger partial charge in [0.1, 0.15) is 6.33 Å². The lowest BCUT2D eigenvalue weighted by atomic mass is 10.4. The maximum Gasteiger partial charge on any atom is 0.216 e. The summed E-state index contributed by atoms with van der Waals surface area (Å²) in [5, 5.41) is 10.4. The number of hydrogen-bond acceptors (Lipinski definition) is 4. The zero-order chi connectivity index (χ0) is 9.80. The van der Waals surface area contributed by atoms with E-state index in [4.69, 9.17) is 12.2 Å². The van der Waals surface area contributed by atoms with E-state index in [9.17, 15) is 0 Å². The van der Waals surface area contributed by atoms with Crippen LogP contribution >= 0.6 is 12.2 Å². The van der Waals surface area contributed by atoms with Crippen molar-refractivity contribution in [2.75, 3.05) is 0 Å². The first kappa shape index (κ1) is 8.76. The van der Waals surface area contributed by atoms with Gasteiger partial charge in [0.15, 0.2) is 0 Å². The van der Waals surface area contributed by atoms with E-state index < -0.39 is 0 Å². The Morgan fingerprint density at radius 3 is 3.07 bits per heavy atom. The Kier molecular flexibility index (Phi) is 2.46. The number of aromatic amines is 1. The van der Waals surface area contributed by atoms with Crippen molar-refractivity contribution < 1.29 is 0 Å². The third-order valence-electron chi connectivity index (χ3n) is 1.54. The number of H-pyrrole nitrogens is 1. The zero-order valence-electron chi connectivity index (χ0n) is 7.16. The highest BCUT2D eigenvalue weighted by Gasteiger charge is 1.89. The normalized spacial score (nSPS) is 10.9. The van der Waals surface area contributed by atoms with E-state index in [1.165, 1.54) is 11.0 Å². The van der Waals surface area contributed by atoms with Gasteiger partial charge in [-0.25, -0.2) is 0 Å². The molecule has 0 aromatic carbocycles.